The minimum atomic E-state index is -0.560. The molecule has 0 radical (unpaired) electrons. The Labute approximate surface area is 126 Å². The van der Waals surface area contributed by atoms with Crippen LogP contribution >= 0.6 is 0 Å². The van der Waals surface area contributed by atoms with Gasteiger partial charge in [-0.05, 0) is 25.0 Å². The van der Waals surface area contributed by atoms with E-state index in [1.807, 2.05) is 6.07 Å². The number of hydrogen-bond donors (Lipinski definition) is 0. The van der Waals surface area contributed by atoms with Crippen LogP contribution in [0.4, 0.5) is 4.39 Å². The lowest BCUT2D eigenvalue weighted by atomic mass is 10.0. The fraction of sp³-hybridized carbons (Fsp3) is 0.235. The summed E-state index contributed by atoms with van der Waals surface area (Å²) in [5.74, 6) is -0.449. The average Bonchev–Trinajstić information content (AvgIpc) is 3.27. The predicted octanol–water partition coefficient (Wildman–Crippen LogP) is 2.74. The number of amides is 1. The number of halogens is 1. The van der Waals surface area contributed by atoms with Crippen molar-refractivity contribution in [2.24, 2.45) is 0 Å². The summed E-state index contributed by atoms with van der Waals surface area (Å²) >= 11 is 0. The Bertz CT molecular complexity index is 836. The summed E-state index contributed by atoms with van der Waals surface area (Å²) in [6.45, 7) is 0.369. The van der Waals surface area contributed by atoms with Crippen LogP contribution in [0.3, 0.4) is 0 Å². The molecule has 108 valence electrons. The number of pyridine rings is 1. The molecule has 1 aromatic heterocycles. The normalized spacial score (nSPS) is 18.0. The molecule has 1 amide bonds. The molecule has 22 heavy (non-hydrogen) atoms. The Balaban J connectivity index is 1.76. The van der Waals surface area contributed by atoms with Crippen LogP contribution in [0.5, 0.6) is 0 Å². The quantitative estimate of drug-likeness (QED) is 0.855. The van der Waals surface area contributed by atoms with Crippen molar-refractivity contribution in [3.63, 3.8) is 0 Å². The van der Waals surface area contributed by atoms with E-state index in [1.54, 1.807) is 29.2 Å². The van der Waals surface area contributed by atoms with Crippen molar-refractivity contribution < 1.29 is 9.18 Å². The molecule has 5 heteroatoms. The van der Waals surface area contributed by atoms with E-state index in [2.05, 4.69) is 4.98 Å². The summed E-state index contributed by atoms with van der Waals surface area (Å²) in [5, 5.41) is 8.94. The van der Waals surface area contributed by atoms with Gasteiger partial charge in [-0.3, -0.25) is 9.78 Å². The second-order valence-electron chi connectivity index (χ2n) is 5.73. The molecular formula is C17H12FN3O. The molecule has 0 atom stereocenters. The highest BCUT2D eigenvalue weighted by atomic mass is 19.1. The van der Waals surface area contributed by atoms with Gasteiger partial charge < -0.3 is 4.90 Å². The largest absolute Gasteiger partial charge is 0.323 e. The molecule has 0 bridgehead atoms. The maximum atomic E-state index is 14.2. The minimum absolute atomic E-state index is 0.166. The highest BCUT2D eigenvalue weighted by Crippen LogP contribution is 2.54. The first-order valence-electron chi connectivity index (χ1n) is 7.12. The van der Waals surface area contributed by atoms with Crippen LogP contribution < -0.4 is 0 Å². The summed E-state index contributed by atoms with van der Waals surface area (Å²) < 4.78 is 14.2. The smallest absolute Gasteiger partial charge is 0.256 e. The molecule has 2 heterocycles. The lowest BCUT2D eigenvalue weighted by Gasteiger charge is -2.28. The van der Waals surface area contributed by atoms with Crippen molar-refractivity contribution in [1.82, 2.24) is 9.88 Å². The first kappa shape index (κ1) is 13.0. The highest BCUT2D eigenvalue weighted by molar-refractivity contribution is 5.99. The summed E-state index contributed by atoms with van der Waals surface area (Å²) in [7, 11) is 0. The van der Waals surface area contributed by atoms with Gasteiger partial charge >= 0.3 is 0 Å². The van der Waals surface area contributed by atoms with Gasteiger partial charge in [0.05, 0.1) is 28.9 Å². The molecule has 4 nitrogen and oxygen atoms in total. The Kier molecular flexibility index (Phi) is 2.58. The van der Waals surface area contributed by atoms with Gasteiger partial charge in [-0.15, -0.1) is 0 Å². The van der Waals surface area contributed by atoms with E-state index in [0.29, 0.717) is 28.9 Å². The average molecular weight is 293 g/mol. The number of nitrogens with zero attached hydrogens (tertiary/aromatic N) is 3. The molecule has 1 aliphatic heterocycles. The van der Waals surface area contributed by atoms with Crippen molar-refractivity contribution >= 4 is 5.91 Å². The molecule has 2 aliphatic rings. The third kappa shape index (κ3) is 1.67. The second-order valence-corrected chi connectivity index (χ2v) is 5.73. The molecule has 2 aromatic rings. The summed E-state index contributed by atoms with van der Waals surface area (Å²) in [4.78, 5) is 18.6. The van der Waals surface area contributed by atoms with Crippen LogP contribution in [0.1, 0.15) is 40.0 Å². The molecule has 1 saturated carbocycles. The molecule has 0 saturated heterocycles. The van der Waals surface area contributed by atoms with Gasteiger partial charge in [0.25, 0.3) is 5.91 Å². The van der Waals surface area contributed by atoms with E-state index in [9.17, 15) is 9.18 Å². The zero-order valence-corrected chi connectivity index (χ0v) is 11.7. The number of hydrogen-bond acceptors (Lipinski definition) is 3. The van der Waals surface area contributed by atoms with E-state index in [1.165, 1.54) is 12.3 Å². The fourth-order valence-corrected chi connectivity index (χ4v) is 3.22. The zero-order chi connectivity index (χ0) is 15.3. The maximum Gasteiger partial charge on any atom is 0.256 e. The second kappa shape index (κ2) is 4.38. The third-order valence-electron chi connectivity index (χ3n) is 4.50. The number of fused-ring (bicyclic) bond motifs is 1. The van der Waals surface area contributed by atoms with Crippen molar-refractivity contribution in [2.75, 3.05) is 0 Å². The van der Waals surface area contributed by atoms with Crippen molar-refractivity contribution in [1.29, 1.82) is 5.26 Å². The van der Waals surface area contributed by atoms with Gasteiger partial charge in [0, 0.05) is 11.8 Å². The number of aromatic nitrogens is 1. The van der Waals surface area contributed by atoms with Crippen LogP contribution in [0.25, 0.3) is 0 Å². The van der Waals surface area contributed by atoms with Crippen molar-refractivity contribution in [3.8, 4) is 6.07 Å². The molecule has 1 fully saturated rings. The van der Waals surface area contributed by atoms with E-state index < -0.39 is 5.54 Å². The highest BCUT2D eigenvalue weighted by Gasteiger charge is 2.55. The van der Waals surface area contributed by atoms with Crippen LogP contribution in [0, 0.1) is 17.1 Å². The maximum absolute atomic E-state index is 14.2. The number of carbonyl (C=O) groups is 1. The Morgan fingerprint density at radius 1 is 1.32 bits per heavy atom. The molecular weight excluding hydrogens is 281 g/mol. The summed E-state index contributed by atoms with van der Waals surface area (Å²) in [6, 6.07) is 10.2. The molecule has 1 aliphatic carbocycles. The number of benzene rings is 1. The molecule has 0 spiro atoms. The number of carbonyl (C=O) groups excluding carboxylic acids is 1. The molecule has 1 aromatic carbocycles. The number of rotatable bonds is 2. The standard InChI is InChI=1S/C17H12FN3O/c18-14-4-2-1-3-13(14)17(5-6-17)21-10-15-12(16(21)22)7-11(8-19)9-20-15/h1-4,7,9H,5-6,10H2. The van der Waals surface area contributed by atoms with Crippen LogP contribution in [-0.2, 0) is 12.1 Å². The summed E-state index contributed by atoms with van der Waals surface area (Å²) in [6.07, 6.45) is 2.97. The lowest BCUT2D eigenvalue weighted by Crippen LogP contribution is -2.36. The van der Waals surface area contributed by atoms with Crippen LogP contribution in [-0.4, -0.2) is 15.8 Å². The SMILES string of the molecule is N#Cc1cnc2c(c1)C(=O)N(C1(c3ccccc3F)CC1)C2. The van der Waals surface area contributed by atoms with Crippen LogP contribution in [0.15, 0.2) is 36.5 Å². The first-order chi connectivity index (χ1) is 10.7. The third-order valence-corrected chi connectivity index (χ3v) is 4.50. The van der Waals surface area contributed by atoms with Gasteiger partial charge in [-0.2, -0.15) is 5.26 Å². The topological polar surface area (TPSA) is 57.0 Å². The van der Waals surface area contributed by atoms with E-state index in [-0.39, 0.29) is 11.7 Å². The first-order valence-corrected chi connectivity index (χ1v) is 7.12. The predicted molar refractivity (Wildman–Crippen MR) is 76.1 cm³/mol. The van der Waals surface area contributed by atoms with E-state index in [4.69, 9.17) is 5.26 Å². The Morgan fingerprint density at radius 3 is 2.77 bits per heavy atom. The van der Waals surface area contributed by atoms with Gasteiger partial charge in [0.1, 0.15) is 11.9 Å². The Hall–Kier alpha value is -2.74. The number of nitriles is 1. The minimum Gasteiger partial charge on any atom is -0.323 e. The van der Waals surface area contributed by atoms with Crippen molar-refractivity contribution in [2.45, 2.75) is 24.9 Å². The van der Waals surface area contributed by atoms with Gasteiger partial charge in [-0.1, -0.05) is 18.2 Å². The molecule has 0 unspecified atom stereocenters. The van der Waals surface area contributed by atoms with E-state index >= 15 is 0 Å². The fourth-order valence-electron chi connectivity index (χ4n) is 3.22. The van der Waals surface area contributed by atoms with E-state index in [0.717, 1.165) is 12.8 Å². The zero-order valence-electron chi connectivity index (χ0n) is 11.7. The van der Waals surface area contributed by atoms with Gasteiger partial charge in [0.15, 0.2) is 0 Å². The Morgan fingerprint density at radius 2 is 2.09 bits per heavy atom. The van der Waals surface area contributed by atoms with Gasteiger partial charge in [-0.25, -0.2) is 4.39 Å². The molecule has 4 rings (SSSR count). The lowest BCUT2D eigenvalue weighted by molar-refractivity contribution is 0.0665. The van der Waals surface area contributed by atoms with Crippen molar-refractivity contribution in [3.05, 3.63) is 64.7 Å². The monoisotopic (exact) mass is 293 g/mol. The van der Waals surface area contributed by atoms with Crippen LogP contribution in [0.2, 0.25) is 0 Å². The summed E-state index contributed by atoms with van der Waals surface area (Å²) in [5.41, 5.74) is 1.49. The molecule has 0 N–H and O–H groups in total. The van der Waals surface area contributed by atoms with Gasteiger partial charge in [0.2, 0.25) is 0 Å².